The molecular weight excluding hydrogens is 322 g/mol. The first-order chi connectivity index (χ1) is 12.7. The quantitative estimate of drug-likeness (QED) is 0.790. The monoisotopic (exact) mass is 343 g/mol. The van der Waals surface area contributed by atoms with Crippen LogP contribution >= 0.6 is 0 Å². The van der Waals surface area contributed by atoms with Gasteiger partial charge in [0.05, 0.1) is 5.69 Å². The van der Waals surface area contributed by atoms with Crippen molar-refractivity contribution in [3.8, 4) is 11.3 Å². The maximum Gasteiger partial charge on any atom is 0.248 e. The molecule has 0 saturated carbocycles. The van der Waals surface area contributed by atoms with Crippen LogP contribution in [0.25, 0.3) is 11.3 Å². The molecule has 130 valence electrons. The first kappa shape index (κ1) is 16.5. The van der Waals surface area contributed by atoms with Crippen molar-refractivity contribution in [3.63, 3.8) is 0 Å². The zero-order valence-electron chi connectivity index (χ0n) is 14.6. The molecule has 2 heterocycles. The van der Waals surface area contributed by atoms with Crippen molar-refractivity contribution in [1.29, 1.82) is 0 Å². The van der Waals surface area contributed by atoms with Gasteiger partial charge in [-0.25, -0.2) is 0 Å². The Morgan fingerprint density at radius 3 is 2.54 bits per heavy atom. The van der Waals surface area contributed by atoms with Gasteiger partial charge in [-0.3, -0.25) is 14.7 Å². The summed E-state index contributed by atoms with van der Waals surface area (Å²) in [5.74, 6) is -0.406. The number of fused-ring (bicyclic) bond motifs is 1. The summed E-state index contributed by atoms with van der Waals surface area (Å²) in [7, 11) is 0. The molecule has 0 atom stereocenters. The maximum absolute atomic E-state index is 11.3. The Labute approximate surface area is 153 Å². The minimum Gasteiger partial charge on any atom is -0.366 e. The van der Waals surface area contributed by atoms with Gasteiger partial charge < -0.3 is 5.73 Å². The average molecular weight is 343 g/mol. The van der Waals surface area contributed by atoms with Gasteiger partial charge in [-0.05, 0) is 41.3 Å². The number of pyridine rings is 1. The molecule has 0 spiro atoms. The molecule has 1 amide bonds. The minimum atomic E-state index is -0.406. The van der Waals surface area contributed by atoms with Crippen LogP contribution in [0.3, 0.4) is 0 Å². The third kappa shape index (κ3) is 3.37. The second-order valence-electron chi connectivity index (χ2n) is 6.69. The second-order valence-corrected chi connectivity index (χ2v) is 6.69. The van der Waals surface area contributed by atoms with E-state index in [9.17, 15) is 4.79 Å². The SMILES string of the molecule is NC(=O)c1ccc(-c2nccc3c2CCN(Cc2ccccc2)C3)cc1. The van der Waals surface area contributed by atoms with E-state index in [2.05, 4.69) is 46.3 Å². The number of benzene rings is 2. The van der Waals surface area contributed by atoms with Gasteiger partial charge in [0.1, 0.15) is 0 Å². The van der Waals surface area contributed by atoms with Crippen LogP contribution in [0, 0.1) is 0 Å². The van der Waals surface area contributed by atoms with E-state index in [1.807, 2.05) is 18.3 Å². The number of carbonyl (C=O) groups excluding carboxylic acids is 1. The van der Waals surface area contributed by atoms with E-state index < -0.39 is 5.91 Å². The van der Waals surface area contributed by atoms with Gasteiger partial charge in [0.15, 0.2) is 0 Å². The summed E-state index contributed by atoms with van der Waals surface area (Å²) in [6, 6.07) is 20.1. The Hall–Kier alpha value is -2.98. The highest BCUT2D eigenvalue weighted by Crippen LogP contribution is 2.29. The third-order valence-electron chi connectivity index (χ3n) is 4.92. The summed E-state index contributed by atoms with van der Waals surface area (Å²) in [4.78, 5) is 18.3. The Balaban J connectivity index is 1.58. The topological polar surface area (TPSA) is 59.2 Å². The highest BCUT2D eigenvalue weighted by atomic mass is 16.1. The zero-order valence-corrected chi connectivity index (χ0v) is 14.6. The van der Waals surface area contributed by atoms with Crippen molar-refractivity contribution in [2.45, 2.75) is 19.5 Å². The summed E-state index contributed by atoms with van der Waals surface area (Å²) in [6.45, 7) is 2.91. The van der Waals surface area contributed by atoms with Crippen LogP contribution in [-0.2, 0) is 19.5 Å². The molecule has 0 saturated heterocycles. The lowest BCUT2D eigenvalue weighted by Gasteiger charge is -2.29. The Bertz CT molecular complexity index is 920. The van der Waals surface area contributed by atoms with Crippen molar-refractivity contribution in [2.24, 2.45) is 5.73 Å². The van der Waals surface area contributed by atoms with E-state index in [0.29, 0.717) is 5.56 Å². The molecule has 1 aliphatic rings. The van der Waals surface area contributed by atoms with Crippen molar-refractivity contribution < 1.29 is 4.79 Å². The van der Waals surface area contributed by atoms with Crippen LogP contribution in [0.15, 0.2) is 66.9 Å². The van der Waals surface area contributed by atoms with E-state index in [-0.39, 0.29) is 0 Å². The van der Waals surface area contributed by atoms with Crippen LogP contribution in [-0.4, -0.2) is 22.3 Å². The number of hydrogen-bond donors (Lipinski definition) is 1. The van der Waals surface area contributed by atoms with Crippen LogP contribution in [0.2, 0.25) is 0 Å². The van der Waals surface area contributed by atoms with Crippen molar-refractivity contribution in [3.05, 3.63) is 89.1 Å². The van der Waals surface area contributed by atoms with E-state index in [4.69, 9.17) is 5.73 Å². The standard InChI is InChI=1S/C22H21N3O/c23-22(26)18-8-6-17(7-9-18)21-20-11-13-25(15-19(20)10-12-24-21)14-16-4-2-1-3-5-16/h1-10,12H,11,13-15H2,(H2,23,26). The van der Waals surface area contributed by atoms with Gasteiger partial charge in [-0.15, -0.1) is 0 Å². The van der Waals surface area contributed by atoms with Gasteiger partial charge in [-0.1, -0.05) is 42.5 Å². The van der Waals surface area contributed by atoms with Crippen LogP contribution in [0.5, 0.6) is 0 Å². The number of amides is 1. The molecule has 3 aromatic rings. The molecule has 0 aliphatic carbocycles. The van der Waals surface area contributed by atoms with E-state index in [1.54, 1.807) is 12.1 Å². The molecule has 0 bridgehead atoms. The number of rotatable bonds is 4. The summed E-state index contributed by atoms with van der Waals surface area (Å²) >= 11 is 0. The summed E-state index contributed by atoms with van der Waals surface area (Å²) in [5, 5.41) is 0. The number of aromatic nitrogens is 1. The minimum absolute atomic E-state index is 0.406. The van der Waals surface area contributed by atoms with E-state index in [1.165, 1.54) is 16.7 Å². The highest BCUT2D eigenvalue weighted by Gasteiger charge is 2.20. The van der Waals surface area contributed by atoms with E-state index in [0.717, 1.165) is 37.3 Å². The predicted molar refractivity (Wildman–Crippen MR) is 102 cm³/mol. The Kier molecular flexibility index (Phi) is 4.50. The molecule has 1 aliphatic heterocycles. The number of carbonyl (C=O) groups is 1. The van der Waals surface area contributed by atoms with Crippen molar-refractivity contribution >= 4 is 5.91 Å². The molecule has 26 heavy (non-hydrogen) atoms. The predicted octanol–water partition coefficient (Wildman–Crippen LogP) is 3.41. The first-order valence-corrected chi connectivity index (χ1v) is 8.84. The van der Waals surface area contributed by atoms with E-state index >= 15 is 0 Å². The molecule has 0 unspecified atom stereocenters. The highest BCUT2D eigenvalue weighted by molar-refractivity contribution is 5.93. The molecule has 4 heteroatoms. The fraction of sp³-hybridized carbons (Fsp3) is 0.182. The largest absolute Gasteiger partial charge is 0.366 e. The lowest BCUT2D eigenvalue weighted by molar-refractivity contribution is 0.100. The number of nitrogens with two attached hydrogens (primary N) is 1. The number of primary amides is 1. The third-order valence-corrected chi connectivity index (χ3v) is 4.92. The lowest BCUT2D eigenvalue weighted by Crippen LogP contribution is -2.30. The molecule has 4 nitrogen and oxygen atoms in total. The lowest BCUT2D eigenvalue weighted by atomic mass is 9.94. The number of nitrogens with zero attached hydrogens (tertiary/aromatic N) is 2. The van der Waals surface area contributed by atoms with Gasteiger partial charge in [0, 0.05) is 37.0 Å². The summed E-state index contributed by atoms with van der Waals surface area (Å²) in [6.07, 6.45) is 2.85. The molecule has 2 N–H and O–H groups in total. The zero-order chi connectivity index (χ0) is 17.9. The van der Waals surface area contributed by atoms with Crippen molar-refractivity contribution in [2.75, 3.05) is 6.54 Å². The Morgan fingerprint density at radius 1 is 1.04 bits per heavy atom. The van der Waals surface area contributed by atoms with Crippen molar-refractivity contribution in [1.82, 2.24) is 9.88 Å². The molecule has 0 radical (unpaired) electrons. The van der Waals surface area contributed by atoms with Gasteiger partial charge >= 0.3 is 0 Å². The van der Waals surface area contributed by atoms with Crippen LogP contribution in [0.4, 0.5) is 0 Å². The normalized spacial score (nSPS) is 14.0. The van der Waals surface area contributed by atoms with Crippen LogP contribution in [0.1, 0.15) is 27.0 Å². The molecular formula is C22H21N3O. The fourth-order valence-electron chi connectivity index (χ4n) is 3.57. The van der Waals surface area contributed by atoms with Gasteiger partial charge in [0.25, 0.3) is 0 Å². The van der Waals surface area contributed by atoms with Gasteiger partial charge in [-0.2, -0.15) is 0 Å². The maximum atomic E-state index is 11.3. The summed E-state index contributed by atoms with van der Waals surface area (Å²) < 4.78 is 0. The molecule has 0 fully saturated rings. The number of hydrogen-bond acceptors (Lipinski definition) is 3. The molecule has 4 rings (SSSR count). The smallest absolute Gasteiger partial charge is 0.248 e. The Morgan fingerprint density at radius 2 is 1.81 bits per heavy atom. The molecule has 1 aromatic heterocycles. The van der Waals surface area contributed by atoms with Gasteiger partial charge in [0.2, 0.25) is 5.91 Å². The first-order valence-electron chi connectivity index (χ1n) is 8.84. The fourth-order valence-corrected chi connectivity index (χ4v) is 3.57. The molecule has 2 aromatic carbocycles. The summed E-state index contributed by atoms with van der Waals surface area (Å²) in [5.41, 5.74) is 11.9. The second kappa shape index (κ2) is 7.10. The van der Waals surface area contributed by atoms with Crippen LogP contribution < -0.4 is 5.73 Å². The average Bonchev–Trinajstić information content (AvgIpc) is 2.68.